The first-order valence-electron chi connectivity index (χ1n) is 14.3. The van der Waals surface area contributed by atoms with Gasteiger partial charge in [0.15, 0.2) is 0 Å². The molecule has 0 aromatic heterocycles. The van der Waals surface area contributed by atoms with Crippen LogP contribution in [0.15, 0.2) is 109 Å². The largest absolute Gasteiger partial charge is 0.478 e. The zero-order valence-electron chi connectivity index (χ0n) is 23.6. The first kappa shape index (κ1) is 29.5. The summed E-state index contributed by atoms with van der Waals surface area (Å²) in [6.45, 7) is 0.214. The second-order valence-corrected chi connectivity index (χ2v) is 10.9. The molecule has 1 fully saturated rings. The highest BCUT2D eigenvalue weighted by Gasteiger charge is 2.45. The molecular formula is C35H34N2O6. The molecule has 3 atom stereocenters. The van der Waals surface area contributed by atoms with E-state index in [4.69, 9.17) is 0 Å². The smallest absolute Gasteiger partial charge is 0.335 e. The number of carboxylic acids is 2. The van der Waals surface area contributed by atoms with Crippen molar-refractivity contribution in [2.75, 3.05) is 0 Å². The maximum Gasteiger partial charge on any atom is 0.335 e. The van der Waals surface area contributed by atoms with Crippen molar-refractivity contribution < 1.29 is 29.7 Å². The number of aryl methyl sites for hydroxylation is 1. The second kappa shape index (κ2) is 13.4. The highest BCUT2D eigenvalue weighted by atomic mass is 16.4. The fourth-order valence-corrected chi connectivity index (χ4v) is 5.81. The molecule has 0 radical (unpaired) electrons. The molecule has 0 saturated carbocycles. The number of aromatic carboxylic acids is 2. The minimum atomic E-state index is -1.06. The Morgan fingerprint density at radius 2 is 1.07 bits per heavy atom. The van der Waals surface area contributed by atoms with Crippen molar-refractivity contribution >= 4 is 18.0 Å². The zero-order valence-corrected chi connectivity index (χ0v) is 23.6. The Hall–Kier alpha value is -4.95. The molecule has 8 heteroatoms. The van der Waals surface area contributed by atoms with Gasteiger partial charge in [0.1, 0.15) is 0 Å². The van der Waals surface area contributed by atoms with Crippen LogP contribution in [0.1, 0.15) is 49.4 Å². The van der Waals surface area contributed by atoms with Crippen molar-refractivity contribution in [3.63, 3.8) is 0 Å². The first-order chi connectivity index (χ1) is 20.8. The Balaban J connectivity index is 1.53. The number of benzene rings is 4. The average molecular weight is 579 g/mol. The lowest BCUT2D eigenvalue weighted by Gasteiger charge is -2.49. The van der Waals surface area contributed by atoms with E-state index < -0.39 is 30.1 Å². The number of carbonyl (C=O) groups is 3. The van der Waals surface area contributed by atoms with Crippen LogP contribution in [0.25, 0.3) is 0 Å². The van der Waals surface area contributed by atoms with Gasteiger partial charge in [-0.1, -0.05) is 84.9 Å². The van der Waals surface area contributed by atoms with Crippen molar-refractivity contribution in [2.24, 2.45) is 0 Å². The van der Waals surface area contributed by atoms with Crippen LogP contribution in [0.2, 0.25) is 0 Å². The molecule has 3 N–H and O–H groups in total. The Labute approximate surface area is 250 Å². The number of hydrogen-bond acceptors (Lipinski definition) is 4. The van der Waals surface area contributed by atoms with Gasteiger partial charge in [0, 0.05) is 13.1 Å². The molecule has 43 heavy (non-hydrogen) atoms. The van der Waals surface area contributed by atoms with Crippen molar-refractivity contribution in [3.05, 3.63) is 143 Å². The third-order valence-electron chi connectivity index (χ3n) is 7.99. The van der Waals surface area contributed by atoms with Gasteiger partial charge in [0.05, 0.1) is 29.3 Å². The van der Waals surface area contributed by atoms with Crippen molar-refractivity contribution in [3.8, 4) is 0 Å². The number of aliphatic hydroxyl groups excluding tert-OH is 1. The van der Waals surface area contributed by atoms with Crippen LogP contribution in [0, 0.1) is 0 Å². The molecule has 2 amide bonds. The van der Waals surface area contributed by atoms with Crippen molar-refractivity contribution in [2.45, 2.75) is 50.5 Å². The number of urea groups is 1. The Morgan fingerprint density at radius 3 is 1.58 bits per heavy atom. The van der Waals surface area contributed by atoms with E-state index in [2.05, 4.69) is 0 Å². The highest BCUT2D eigenvalue weighted by molar-refractivity contribution is 5.88. The standard InChI is InChI=1S/C35H34N2O6/c38-32-30(18-17-24-9-3-1-4-10-24)36(22-26-13-7-15-28(19-26)33(39)40)35(43)37(31(32)21-25-11-5-2-6-12-25)23-27-14-8-16-29(20-27)34(41)42/h1-16,19-20,30-32,38H,17-18,21-23H2,(H,39,40)(H,41,42)/t30-,31-,32-/m1/s1. The molecule has 1 aliphatic heterocycles. The molecule has 0 aliphatic carbocycles. The van der Waals surface area contributed by atoms with Gasteiger partial charge in [-0.3, -0.25) is 0 Å². The predicted molar refractivity (Wildman–Crippen MR) is 162 cm³/mol. The molecule has 4 aromatic rings. The summed E-state index contributed by atoms with van der Waals surface area (Å²) in [5, 5.41) is 31.1. The fourth-order valence-electron chi connectivity index (χ4n) is 5.81. The van der Waals surface area contributed by atoms with Crippen LogP contribution in [0.3, 0.4) is 0 Å². The molecule has 5 rings (SSSR count). The van der Waals surface area contributed by atoms with E-state index in [9.17, 15) is 29.7 Å². The van der Waals surface area contributed by atoms with E-state index in [1.165, 1.54) is 12.1 Å². The van der Waals surface area contributed by atoms with Gasteiger partial charge in [0.2, 0.25) is 0 Å². The van der Waals surface area contributed by atoms with Crippen LogP contribution in [-0.4, -0.2) is 61.3 Å². The van der Waals surface area contributed by atoms with E-state index in [1.54, 1.807) is 46.2 Å². The summed E-state index contributed by atoms with van der Waals surface area (Å²) in [6.07, 6.45) is 0.617. The number of hydrogen-bond donors (Lipinski definition) is 3. The summed E-state index contributed by atoms with van der Waals surface area (Å²) in [5.41, 5.74) is 3.56. The lowest BCUT2D eigenvalue weighted by atomic mass is 9.88. The number of carbonyl (C=O) groups excluding carboxylic acids is 1. The van der Waals surface area contributed by atoms with Crippen LogP contribution in [0.4, 0.5) is 4.79 Å². The van der Waals surface area contributed by atoms with Crippen LogP contribution >= 0.6 is 0 Å². The summed E-state index contributed by atoms with van der Waals surface area (Å²) in [6, 6.07) is 31.1. The van der Waals surface area contributed by atoms with Gasteiger partial charge < -0.3 is 25.1 Å². The molecule has 8 nitrogen and oxygen atoms in total. The summed E-state index contributed by atoms with van der Waals surface area (Å²) in [7, 11) is 0. The zero-order chi connectivity index (χ0) is 30.3. The number of rotatable bonds is 11. The van der Waals surface area contributed by atoms with Gasteiger partial charge in [-0.2, -0.15) is 0 Å². The molecule has 0 unspecified atom stereocenters. The first-order valence-corrected chi connectivity index (χ1v) is 14.3. The third-order valence-corrected chi connectivity index (χ3v) is 7.99. The molecule has 1 saturated heterocycles. The van der Waals surface area contributed by atoms with Crippen molar-refractivity contribution in [1.82, 2.24) is 9.80 Å². The molecule has 0 bridgehead atoms. The fraction of sp³-hybridized carbons (Fsp3) is 0.229. The quantitative estimate of drug-likeness (QED) is 0.217. The maximum atomic E-state index is 14.4. The van der Waals surface area contributed by atoms with E-state index in [1.807, 2.05) is 60.7 Å². The SMILES string of the molecule is O=C(O)c1cccc(CN2C(=O)N(Cc3cccc(C(=O)O)c3)[C@H](Cc3ccccc3)[C@H](O)[C@H]2CCc2ccccc2)c1. The molecule has 0 spiro atoms. The number of nitrogens with zero attached hydrogens (tertiary/aromatic N) is 2. The lowest BCUT2D eigenvalue weighted by Crippen LogP contribution is -2.66. The molecular weight excluding hydrogens is 544 g/mol. The molecule has 4 aromatic carbocycles. The molecule has 1 aliphatic rings. The average Bonchev–Trinajstić information content (AvgIpc) is 3.02. The monoisotopic (exact) mass is 578 g/mol. The topological polar surface area (TPSA) is 118 Å². The Kier molecular flexibility index (Phi) is 9.17. The highest BCUT2D eigenvalue weighted by Crippen LogP contribution is 2.31. The minimum Gasteiger partial charge on any atom is -0.478 e. The second-order valence-electron chi connectivity index (χ2n) is 10.9. The van der Waals surface area contributed by atoms with Crippen LogP contribution < -0.4 is 0 Å². The summed E-state index contributed by atoms with van der Waals surface area (Å²) < 4.78 is 0. The predicted octanol–water partition coefficient (Wildman–Crippen LogP) is 5.49. The normalized spacial score (nSPS) is 18.4. The van der Waals surface area contributed by atoms with E-state index in [0.29, 0.717) is 30.4 Å². The van der Waals surface area contributed by atoms with Crippen molar-refractivity contribution in [1.29, 1.82) is 0 Å². The van der Waals surface area contributed by atoms with Crippen LogP contribution in [-0.2, 0) is 25.9 Å². The maximum absolute atomic E-state index is 14.4. The summed E-state index contributed by atoms with van der Waals surface area (Å²) in [5.74, 6) is -2.12. The summed E-state index contributed by atoms with van der Waals surface area (Å²) >= 11 is 0. The van der Waals surface area contributed by atoms with Gasteiger partial charge in [-0.15, -0.1) is 0 Å². The van der Waals surface area contributed by atoms with Gasteiger partial charge in [0.25, 0.3) is 0 Å². The molecule has 220 valence electrons. The molecule has 1 heterocycles. The third kappa shape index (κ3) is 7.10. The van der Waals surface area contributed by atoms with Gasteiger partial charge in [-0.25, -0.2) is 14.4 Å². The van der Waals surface area contributed by atoms with E-state index >= 15 is 0 Å². The van der Waals surface area contributed by atoms with E-state index in [-0.39, 0.29) is 30.2 Å². The Morgan fingerprint density at radius 1 is 0.605 bits per heavy atom. The number of carboxylic acid groups (broad SMARTS) is 2. The number of amides is 2. The lowest BCUT2D eigenvalue weighted by molar-refractivity contribution is -0.0453. The van der Waals surface area contributed by atoms with Gasteiger partial charge in [-0.05, 0) is 65.8 Å². The van der Waals surface area contributed by atoms with Crippen LogP contribution in [0.5, 0.6) is 0 Å². The van der Waals surface area contributed by atoms with Gasteiger partial charge >= 0.3 is 18.0 Å². The minimum absolute atomic E-state index is 0.103. The Bertz CT molecular complexity index is 1580. The number of aliphatic hydroxyl groups is 1. The van der Waals surface area contributed by atoms with E-state index in [0.717, 1.165) is 11.1 Å². The summed E-state index contributed by atoms with van der Waals surface area (Å²) in [4.78, 5) is 41.0.